The number of ether oxygens (including phenoxy) is 3. The molecule has 0 amide bonds. The second kappa shape index (κ2) is 8.26. The molecule has 1 fully saturated rings. The summed E-state index contributed by atoms with van der Waals surface area (Å²) in [5, 5.41) is 48.9. The third kappa shape index (κ3) is 3.70. The molecule has 154 valence electrons. The monoisotopic (exact) mass is 396 g/mol. The largest absolute Gasteiger partial charge is 0.482 e. The second-order valence-corrected chi connectivity index (χ2v) is 6.92. The highest BCUT2D eigenvalue weighted by Gasteiger charge is 2.47. The summed E-state index contributed by atoms with van der Waals surface area (Å²) in [6, 6.07) is 4.77. The summed E-state index contributed by atoms with van der Waals surface area (Å²) in [6.07, 6.45) is -8.97. The van der Waals surface area contributed by atoms with E-state index in [4.69, 9.17) is 14.2 Å². The number of Topliss-reactive ketones (excluding diaryl/α,β-unsaturated/α-hetero) is 1. The molecule has 28 heavy (non-hydrogen) atoms. The van der Waals surface area contributed by atoms with Gasteiger partial charge in [-0.25, -0.2) is 0 Å². The molecule has 0 spiro atoms. The molecule has 0 saturated carbocycles. The molecule has 0 aromatic heterocycles. The summed E-state index contributed by atoms with van der Waals surface area (Å²) in [7, 11) is 0. The van der Waals surface area contributed by atoms with Gasteiger partial charge in [-0.3, -0.25) is 4.79 Å². The molecule has 0 radical (unpaired) electrons. The lowest BCUT2D eigenvalue weighted by atomic mass is 9.97. The van der Waals surface area contributed by atoms with Crippen molar-refractivity contribution in [2.45, 2.75) is 49.8 Å². The number of fused-ring (bicyclic) bond motifs is 1. The zero-order valence-corrected chi connectivity index (χ0v) is 15.3. The molecular weight excluding hydrogens is 372 g/mol. The Morgan fingerprint density at radius 1 is 1.18 bits per heavy atom. The second-order valence-electron chi connectivity index (χ2n) is 6.92. The van der Waals surface area contributed by atoms with Gasteiger partial charge in [0, 0.05) is 11.1 Å². The van der Waals surface area contributed by atoms with E-state index < -0.39 is 49.5 Å². The van der Waals surface area contributed by atoms with Crippen molar-refractivity contribution >= 4 is 5.78 Å². The van der Waals surface area contributed by atoms with E-state index in [1.54, 1.807) is 18.2 Å². The molecule has 2 aliphatic heterocycles. The van der Waals surface area contributed by atoms with E-state index in [9.17, 15) is 30.3 Å². The summed E-state index contributed by atoms with van der Waals surface area (Å²) in [6.45, 7) is 4.20. The van der Waals surface area contributed by atoms with E-state index in [1.165, 1.54) is 6.92 Å². The van der Waals surface area contributed by atoms with Crippen LogP contribution in [0.5, 0.6) is 5.75 Å². The van der Waals surface area contributed by atoms with Gasteiger partial charge in [0.1, 0.15) is 36.3 Å². The molecule has 3 rings (SSSR count). The number of aliphatic hydroxyl groups is 5. The van der Waals surface area contributed by atoms with Gasteiger partial charge < -0.3 is 39.7 Å². The molecule has 9 heteroatoms. The molecule has 1 aromatic rings. The zero-order chi connectivity index (χ0) is 20.6. The smallest absolute Gasteiger partial charge is 0.187 e. The highest BCUT2D eigenvalue weighted by Crippen LogP contribution is 2.43. The topological polar surface area (TPSA) is 146 Å². The average Bonchev–Trinajstić information content (AvgIpc) is 3.05. The minimum atomic E-state index is -1.60. The van der Waals surface area contributed by atoms with Gasteiger partial charge in [-0.15, -0.1) is 0 Å². The third-order valence-corrected chi connectivity index (χ3v) is 4.99. The molecule has 9 nitrogen and oxygen atoms in total. The van der Waals surface area contributed by atoms with Crippen LogP contribution in [0.15, 0.2) is 30.4 Å². The van der Waals surface area contributed by atoms with Crippen LogP contribution in [0.3, 0.4) is 0 Å². The molecule has 2 aliphatic rings. The van der Waals surface area contributed by atoms with Crippen molar-refractivity contribution in [1.29, 1.82) is 0 Å². The fourth-order valence-electron chi connectivity index (χ4n) is 3.32. The Balaban J connectivity index is 1.92. The maximum absolute atomic E-state index is 11.7. The first kappa shape index (κ1) is 20.9. The first-order chi connectivity index (χ1) is 13.3. The minimum absolute atomic E-state index is 0.168. The van der Waals surface area contributed by atoms with Crippen LogP contribution in [0.25, 0.3) is 0 Å². The minimum Gasteiger partial charge on any atom is -0.482 e. The van der Waals surface area contributed by atoms with Gasteiger partial charge in [0.05, 0.1) is 13.2 Å². The van der Waals surface area contributed by atoms with E-state index in [-0.39, 0.29) is 12.4 Å². The normalized spacial score (nSPS) is 34.6. The predicted molar refractivity (Wildman–Crippen MR) is 94.7 cm³/mol. The molecule has 2 heterocycles. The lowest BCUT2D eigenvalue weighted by molar-refractivity contribution is -0.314. The molecule has 1 saturated heterocycles. The van der Waals surface area contributed by atoms with E-state index in [0.29, 0.717) is 22.4 Å². The first-order valence-corrected chi connectivity index (χ1v) is 8.84. The van der Waals surface area contributed by atoms with Crippen molar-refractivity contribution in [3.63, 3.8) is 0 Å². The number of benzene rings is 1. The van der Waals surface area contributed by atoms with Crippen molar-refractivity contribution in [3.8, 4) is 5.75 Å². The fraction of sp³-hybridized carbons (Fsp3) is 0.526. The number of hydrogen-bond acceptors (Lipinski definition) is 9. The Hall–Kier alpha value is -1.85. The number of ketones is 1. The molecule has 0 bridgehead atoms. The summed E-state index contributed by atoms with van der Waals surface area (Å²) in [5.74, 6) is 0.248. The van der Waals surface area contributed by atoms with Crippen LogP contribution < -0.4 is 4.74 Å². The van der Waals surface area contributed by atoms with Crippen molar-refractivity contribution in [3.05, 3.63) is 41.5 Å². The van der Waals surface area contributed by atoms with Gasteiger partial charge >= 0.3 is 0 Å². The van der Waals surface area contributed by atoms with Crippen LogP contribution in [0.2, 0.25) is 0 Å². The zero-order valence-electron chi connectivity index (χ0n) is 15.3. The van der Waals surface area contributed by atoms with Crippen molar-refractivity contribution < 1.29 is 44.5 Å². The number of hydrogen-bond donors (Lipinski definition) is 5. The molecule has 0 aliphatic carbocycles. The van der Waals surface area contributed by atoms with Gasteiger partial charge in [0.25, 0.3) is 0 Å². The molecule has 0 unspecified atom stereocenters. The Morgan fingerprint density at radius 2 is 1.89 bits per heavy atom. The Bertz CT molecular complexity index is 747. The van der Waals surface area contributed by atoms with Crippen molar-refractivity contribution in [1.82, 2.24) is 0 Å². The third-order valence-electron chi connectivity index (χ3n) is 4.99. The maximum Gasteiger partial charge on any atom is 0.187 e. The quantitative estimate of drug-likeness (QED) is 0.304. The lowest BCUT2D eigenvalue weighted by Gasteiger charge is -2.40. The van der Waals surface area contributed by atoms with Crippen molar-refractivity contribution in [2.24, 2.45) is 0 Å². The summed E-state index contributed by atoms with van der Waals surface area (Å²) in [5.41, 5.74) is 1.21. The predicted octanol–water partition coefficient (Wildman–Crippen LogP) is -0.944. The summed E-state index contributed by atoms with van der Waals surface area (Å²) in [4.78, 5) is 11.7. The standard InChI is InChI=1S/C19H24O9/c1-8(6-20)17-18(11-5-10(9(2)22)3-4-12(11)26-17)28-19-16(25)15(24)14(23)13(7-21)27-19/h3-5,13-21,23-25H,1,6-7H2,2H3/t13-,14-,15+,16-,17-,18-,19+/m1/s1. The Morgan fingerprint density at radius 3 is 2.50 bits per heavy atom. The van der Waals surface area contributed by atoms with Crippen LogP contribution in [-0.4, -0.2) is 81.3 Å². The van der Waals surface area contributed by atoms with Gasteiger partial charge in [-0.05, 0) is 30.7 Å². The van der Waals surface area contributed by atoms with E-state index in [1.807, 2.05) is 0 Å². The highest BCUT2D eigenvalue weighted by molar-refractivity contribution is 5.94. The Kier molecular flexibility index (Phi) is 6.15. The van der Waals surface area contributed by atoms with Crippen LogP contribution >= 0.6 is 0 Å². The molecule has 5 N–H and O–H groups in total. The van der Waals surface area contributed by atoms with Gasteiger partial charge in [0.2, 0.25) is 0 Å². The molecule has 1 aromatic carbocycles. The lowest BCUT2D eigenvalue weighted by Crippen LogP contribution is -2.59. The highest BCUT2D eigenvalue weighted by atomic mass is 16.7. The van der Waals surface area contributed by atoms with Crippen LogP contribution in [-0.2, 0) is 9.47 Å². The fourth-order valence-corrected chi connectivity index (χ4v) is 3.32. The number of carbonyl (C=O) groups is 1. The van der Waals surface area contributed by atoms with Crippen LogP contribution in [0.4, 0.5) is 0 Å². The summed E-state index contributed by atoms with van der Waals surface area (Å²) >= 11 is 0. The molecular formula is C19H24O9. The van der Waals surface area contributed by atoms with Crippen LogP contribution in [0.1, 0.15) is 28.9 Å². The average molecular weight is 396 g/mol. The molecule has 7 atom stereocenters. The van der Waals surface area contributed by atoms with E-state index in [0.717, 1.165) is 0 Å². The van der Waals surface area contributed by atoms with E-state index >= 15 is 0 Å². The van der Waals surface area contributed by atoms with Crippen molar-refractivity contribution in [2.75, 3.05) is 13.2 Å². The SMILES string of the molecule is C=C(CO)[C@H]1Oc2ccc(C(C)=O)cc2[C@H]1O[C@@H]1O[C@H](CO)[C@@H](O)[C@H](O)[C@H]1O. The Labute approximate surface area is 161 Å². The van der Waals surface area contributed by atoms with E-state index in [2.05, 4.69) is 6.58 Å². The van der Waals surface area contributed by atoms with Gasteiger partial charge in [-0.1, -0.05) is 6.58 Å². The number of carbonyl (C=O) groups excluding carboxylic acids is 1. The van der Waals surface area contributed by atoms with Gasteiger partial charge in [-0.2, -0.15) is 0 Å². The number of rotatable bonds is 6. The first-order valence-electron chi connectivity index (χ1n) is 8.84. The number of aliphatic hydroxyl groups excluding tert-OH is 5. The van der Waals surface area contributed by atoms with Gasteiger partial charge in [0.15, 0.2) is 18.2 Å². The maximum atomic E-state index is 11.7. The van der Waals surface area contributed by atoms with Crippen LogP contribution in [0, 0.1) is 0 Å². The summed E-state index contributed by atoms with van der Waals surface area (Å²) < 4.78 is 17.0.